The minimum Gasteiger partial charge on any atom is -0.340 e. The molecule has 0 saturated carbocycles. The van der Waals surface area contributed by atoms with E-state index in [0.717, 1.165) is 35.9 Å². The SMILES string of the molecule is Cc1ccc2nc([C@H](C)NC(=O)N3CCN(c4ncn[nH]4)CC3)[nH]c2c1. The Morgan fingerprint density at radius 2 is 2.08 bits per heavy atom. The third kappa shape index (κ3) is 3.19. The number of imidazole rings is 1. The number of anilines is 1. The Kier molecular flexibility index (Phi) is 4.19. The van der Waals surface area contributed by atoms with Crippen LogP contribution in [0.25, 0.3) is 11.0 Å². The van der Waals surface area contributed by atoms with Gasteiger partial charge in [0.25, 0.3) is 0 Å². The zero-order valence-electron chi connectivity index (χ0n) is 14.9. The van der Waals surface area contributed by atoms with Gasteiger partial charge in [-0.1, -0.05) is 6.07 Å². The van der Waals surface area contributed by atoms with Crippen LogP contribution in [0, 0.1) is 6.92 Å². The van der Waals surface area contributed by atoms with Crippen LogP contribution in [0.3, 0.4) is 0 Å². The standard InChI is InChI=1S/C17H22N8O/c1-11-3-4-13-14(9-11)22-15(21-13)12(2)20-17(26)25-7-5-24(6-8-25)16-18-10-19-23-16/h3-4,9-10,12H,5-8H2,1-2H3,(H,20,26)(H,21,22)(H,18,19,23)/t12-/m0/s1. The maximum atomic E-state index is 12.6. The lowest BCUT2D eigenvalue weighted by Crippen LogP contribution is -2.52. The van der Waals surface area contributed by atoms with Gasteiger partial charge in [-0.3, -0.25) is 0 Å². The molecular weight excluding hydrogens is 332 g/mol. The summed E-state index contributed by atoms with van der Waals surface area (Å²) >= 11 is 0. The highest BCUT2D eigenvalue weighted by molar-refractivity contribution is 5.77. The predicted octanol–water partition coefficient (Wildman–Crippen LogP) is 1.58. The first-order valence-corrected chi connectivity index (χ1v) is 8.72. The topological polar surface area (TPSA) is 106 Å². The van der Waals surface area contributed by atoms with Crippen molar-refractivity contribution in [2.24, 2.45) is 0 Å². The molecule has 3 heterocycles. The lowest BCUT2D eigenvalue weighted by Gasteiger charge is -2.34. The summed E-state index contributed by atoms with van der Waals surface area (Å²) in [4.78, 5) is 28.5. The van der Waals surface area contributed by atoms with Gasteiger partial charge in [0, 0.05) is 26.2 Å². The number of piperazine rings is 1. The Labute approximate surface area is 150 Å². The van der Waals surface area contributed by atoms with Gasteiger partial charge >= 0.3 is 6.03 Å². The number of aryl methyl sites for hydroxylation is 1. The number of carbonyl (C=O) groups is 1. The number of benzene rings is 1. The molecule has 3 N–H and O–H groups in total. The van der Waals surface area contributed by atoms with Crippen molar-refractivity contribution in [2.75, 3.05) is 31.1 Å². The zero-order chi connectivity index (χ0) is 18.1. The van der Waals surface area contributed by atoms with E-state index >= 15 is 0 Å². The van der Waals surface area contributed by atoms with E-state index in [1.54, 1.807) is 0 Å². The van der Waals surface area contributed by atoms with Gasteiger partial charge in [-0.15, -0.1) is 0 Å². The summed E-state index contributed by atoms with van der Waals surface area (Å²) in [7, 11) is 0. The molecule has 4 rings (SSSR count). The molecule has 0 aliphatic carbocycles. The minimum atomic E-state index is -0.192. The highest BCUT2D eigenvalue weighted by atomic mass is 16.2. The number of amides is 2. The Morgan fingerprint density at radius 1 is 1.27 bits per heavy atom. The second kappa shape index (κ2) is 6.66. The largest absolute Gasteiger partial charge is 0.340 e. The molecule has 1 fully saturated rings. The molecule has 1 aromatic carbocycles. The second-order valence-electron chi connectivity index (χ2n) is 6.60. The fourth-order valence-electron chi connectivity index (χ4n) is 3.17. The van der Waals surface area contributed by atoms with Crippen LogP contribution in [0.4, 0.5) is 10.7 Å². The number of aromatic nitrogens is 5. The van der Waals surface area contributed by atoms with E-state index in [-0.39, 0.29) is 12.1 Å². The van der Waals surface area contributed by atoms with Gasteiger partial charge in [0.2, 0.25) is 5.95 Å². The van der Waals surface area contributed by atoms with Crippen LogP contribution in [0.1, 0.15) is 24.4 Å². The van der Waals surface area contributed by atoms with E-state index in [2.05, 4.69) is 41.4 Å². The minimum absolute atomic E-state index is 0.0774. The number of rotatable bonds is 3. The second-order valence-corrected chi connectivity index (χ2v) is 6.60. The van der Waals surface area contributed by atoms with Crippen LogP contribution in [-0.2, 0) is 0 Å². The molecular formula is C17H22N8O. The maximum absolute atomic E-state index is 12.6. The molecule has 2 amide bonds. The third-order valence-corrected chi connectivity index (χ3v) is 4.67. The summed E-state index contributed by atoms with van der Waals surface area (Å²) in [6.07, 6.45) is 1.49. The molecule has 0 spiro atoms. The molecule has 1 atom stereocenters. The van der Waals surface area contributed by atoms with Gasteiger partial charge in [0.05, 0.1) is 17.1 Å². The van der Waals surface area contributed by atoms with Crippen LogP contribution >= 0.6 is 0 Å². The van der Waals surface area contributed by atoms with Crippen molar-refractivity contribution in [2.45, 2.75) is 19.9 Å². The molecule has 3 aromatic rings. The normalized spacial score (nSPS) is 16.1. The number of hydrogen-bond acceptors (Lipinski definition) is 5. The quantitative estimate of drug-likeness (QED) is 0.662. The summed E-state index contributed by atoms with van der Waals surface area (Å²) in [6.45, 7) is 6.70. The number of fused-ring (bicyclic) bond motifs is 1. The fraction of sp³-hybridized carbons (Fsp3) is 0.412. The van der Waals surface area contributed by atoms with Crippen molar-refractivity contribution in [1.82, 2.24) is 35.4 Å². The van der Waals surface area contributed by atoms with Crippen LogP contribution in [0.2, 0.25) is 0 Å². The van der Waals surface area contributed by atoms with E-state index in [1.807, 2.05) is 30.9 Å². The van der Waals surface area contributed by atoms with Gasteiger partial charge in [-0.25, -0.2) is 14.9 Å². The first-order chi connectivity index (χ1) is 12.6. The van der Waals surface area contributed by atoms with Crippen LogP contribution in [-0.4, -0.2) is 62.3 Å². The molecule has 2 aromatic heterocycles. The molecule has 0 bridgehead atoms. The fourth-order valence-corrected chi connectivity index (χ4v) is 3.17. The highest BCUT2D eigenvalue weighted by Crippen LogP contribution is 2.18. The van der Waals surface area contributed by atoms with Crippen molar-refractivity contribution in [3.05, 3.63) is 35.9 Å². The molecule has 0 radical (unpaired) electrons. The summed E-state index contributed by atoms with van der Waals surface area (Å²) in [5, 5.41) is 9.75. The van der Waals surface area contributed by atoms with Gasteiger partial charge in [-0.05, 0) is 31.5 Å². The van der Waals surface area contributed by atoms with Crippen molar-refractivity contribution in [3.8, 4) is 0 Å². The van der Waals surface area contributed by atoms with E-state index in [9.17, 15) is 4.79 Å². The summed E-state index contributed by atoms with van der Waals surface area (Å²) < 4.78 is 0. The van der Waals surface area contributed by atoms with E-state index in [0.29, 0.717) is 13.1 Å². The number of aromatic amines is 2. The average molecular weight is 354 g/mol. The Bertz CT molecular complexity index is 895. The van der Waals surface area contributed by atoms with Crippen molar-refractivity contribution >= 4 is 23.0 Å². The smallest absolute Gasteiger partial charge is 0.318 e. The number of urea groups is 1. The zero-order valence-corrected chi connectivity index (χ0v) is 14.9. The highest BCUT2D eigenvalue weighted by Gasteiger charge is 2.24. The molecule has 136 valence electrons. The van der Waals surface area contributed by atoms with Crippen LogP contribution in [0.5, 0.6) is 0 Å². The Balaban J connectivity index is 1.36. The van der Waals surface area contributed by atoms with Crippen molar-refractivity contribution in [3.63, 3.8) is 0 Å². The van der Waals surface area contributed by atoms with Gasteiger partial charge in [-0.2, -0.15) is 10.1 Å². The third-order valence-electron chi connectivity index (χ3n) is 4.67. The van der Waals surface area contributed by atoms with Gasteiger partial charge < -0.3 is 20.1 Å². The summed E-state index contributed by atoms with van der Waals surface area (Å²) in [5.74, 6) is 1.51. The molecule has 0 unspecified atom stereocenters. The van der Waals surface area contributed by atoms with Crippen LogP contribution in [0.15, 0.2) is 24.5 Å². The maximum Gasteiger partial charge on any atom is 0.318 e. The lowest BCUT2D eigenvalue weighted by molar-refractivity contribution is 0.190. The first kappa shape index (κ1) is 16.4. The van der Waals surface area contributed by atoms with Crippen molar-refractivity contribution in [1.29, 1.82) is 0 Å². The van der Waals surface area contributed by atoms with Crippen molar-refractivity contribution < 1.29 is 4.79 Å². The molecule has 1 aliphatic rings. The number of nitrogens with zero attached hydrogens (tertiary/aromatic N) is 5. The van der Waals surface area contributed by atoms with Gasteiger partial charge in [0.1, 0.15) is 12.2 Å². The summed E-state index contributed by atoms with van der Waals surface area (Å²) in [5.41, 5.74) is 3.07. The first-order valence-electron chi connectivity index (χ1n) is 8.72. The van der Waals surface area contributed by atoms with E-state index in [1.165, 1.54) is 11.9 Å². The van der Waals surface area contributed by atoms with Crippen LogP contribution < -0.4 is 10.2 Å². The molecule has 1 aliphatic heterocycles. The molecule has 9 nitrogen and oxygen atoms in total. The molecule has 1 saturated heterocycles. The summed E-state index contributed by atoms with van der Waals surface area (Å²) in [6, 6.07) is 5.81. The molecule has 9 heteroatoms. The van der Waals surface area contributed by atoms with E-state index in [4.69, 9.17) is 0 Å². The molecule has 26 heavy (non-hydrogen) atoms. The van der Waals surface area contributed by atoms with E-state index < -0.39 is 0 Å². The number of H-pyrrole nitrogens is 2. The predicted molar refractivity (Wildman–Crippen MR) is 97.9 cm³/mol. The Morgan fingerprint density at radius 3 is 2.81 bits per heavy atom. The average Bonchev–Trinajstić information content (AvgIpc) is 3.31. The monoisotopic (exact) mass is 354 g/mol. The van der Waals surface area contributed by atoms with Gasteiger partial charge in [0.15, 0.2) is 0 Å². The number of hydrogen-bond donors (Lipinski definition) is 3. The lowest BCUT2D eigenvalue weighted by atomic mass is 10.2. The number of nitrogens with one attached hydrogen (secondary N) is 3. The Hall–Kier alpha value is -3.10. The number of carbonyl (C=O) groups excluding carboxylic acids is 1.